The third-order valence-corrected chi connectivity index (χ3v) is 4.68. The maximum atomic E-state index is 10.4. The average Bonchev–Trinajstić information content (AvgIpc) is 3.22. The van der Waals surface area contributed by atoms with Crippen molar-refractivity contribution in [2.75, 3.05) is 18.0 Å². The van der Waals surface area contributed by atoms with Crippen LogP contribution in [-0.2, 0) is 6.42 Å². The Labute approximate surface area is 146 Å². The van der Waals surface area contributed by atoms with Crippen molar-refractivity contribution in [3.05, 3.63) is 59.9 Å². The molecule has 0 unspecified atom stereocenters. The maximum absolute atomic E-state index is 10.4. The normalized spacial score (nSPS) is 20.2. The highest BCUT2D eigenvalue weighted by molar-refractivity contribution is 5.59. The van der Waals surface area contributed by atoms with Gasteiger partial charge in [0, 0.05) is 30.3 Å². The van der Waals surface area contributed by atoms with Crippen molar-refractivity contribution in [2.45, 2.75) is 19.4 Å². The second-order valence-electron chi connectivity index (χ2n) is 6.62. The van der Waals surface area contributed by atoms with Crippen LogP contribution in [0.4, 0.5) is 5.82 Å². The van der Waals surface area contributed by atoms with Crippen LogP contribution in [0.1, 0.15) is 11.4 Å². The lowest BCUT2D eigenvalue weighted by Crippen LogP contribution is -2.22. The third kappa shape index (κ3) is 3.39. The van der Waals surface area contributed by atoms with Crippen LogP contribution < -0.4 is 4.90 Å². The largest absolute Gasteiger partial charge is 0.391 e. The summed E-state index contributed by atoms with van der Waals surface area (Å²) in [7, 11) is 0. The second-order valence-corrected chi connectivity index (χ2v) is 6.62. The molecule has 0 spiro atoms. The minimum Gasteiger partial charge on any atom is -0.391 e. The van der Waals surface area contributed by atoms with Crippen molar-refractivity contribution in [3.63, 3.8) is 0 Å². The van der Waals surface area contributed by atoms with Gasteiger partial charge in [0.05, 0.1) is 17.5 Å². The molecule has 1 aliphatic heterocycles. The monoisotopic (exact) mass is 335 g/mol. The van der Waals surface area contributed by atoms with E-state index in [1.807, 2.05) is 55.5 Å². The van der Waals surface area contributed by atoms with Gasteiger partial charge in [-0.2, -0.15) is 5.10 Å². The van der Waals surface area contributed by atoms with Crippen LogP contribution in [0.5, 0.6) is 0 Å². The Morgan fingerprint density at radius 3 is 2.64 bits per heavy atom. The Balaban J connectivity index is 1.45. The van der Waals surface area contributed by atoms with Gasteiger partial charge in [-0.3, -0.25) is 5.10 Å². The molecule has 1 saturated heterocycles. The lowest BCUT2D eigenvalue weighted by Gasteiger charge is -2.16. The van der Waals surface area contributed by atoms with Gasteiger partial charge in [0.25, 0.3) is 0 Å². The molecule has 0 saturated carbocycles. The van der Waals surface area contributed by atoms with Gasteiger partial charge in [0.15, 0.2) is 5.82 Å². The number of nitrogens with zero attached hydrogens (tertiary/aromatic N) is 4. The van der Waals surface area contributed by atoms with Crippen LogP contribution in [-0.4, -0.2) is 44.7 Å². The van der Waals surface area contributed by atoms with Gasteiger partial charge in [-0.25, -0.2) is 0 Å². The van der Waals surface area contributed by atoms with E-state index in [1.165, 1.54) is 0 Å². The predicted octanol–water partition coefficient (Wildman–Crippen LogP) is 2.21. The zero-order valence-electron chi connectivity index (χ0n) is 14.1. The molecule has 1 aromatic carbocycles. The van der Waals surface area contributed by atoms with Crippen LogP contribution >= 0.6 is 0 Å². The van der Waals surface area contributed by atoms with E-state index in [0.717, 1.165) is 41.4 Å². The highest BCUT2D eigenvalue weighted by Crippen LogP contribution is 2.26. The SMILES string of the molecule is Cc1cc(C[C@@H]2CN(c3ccc(-c4ccccc4)nn3)C[C@@H]2O)n[nH]1. The van der Waals surface area contributed by atoms with Crippen molar-refractivity contribution in [3.8, 4) is 11.3 Å². The molecular weight excluding hydrogens is 314 g/mol. The molecule has 2 atom stereocenters. The first-order chi connectivity index (χ1) is 12.2. The standard InChI is InChI=1S/C19H21N5O/c1-13-9-16(21-20-13)10-15-11-24(12-18(15)25)19-8-7-17(22-23-19)14-5-3-2-4-6-14/h2-9,15,18,25H,10-12H2,1H3,(H,20,21)/t15-,18+/m1/s1. The first-order valence-electron chi connectivity index (χ1n) is 8.52. The Bertz CT molecular complexity index is 831. The lowest BCUT2D eigenvalue weighted by atomic mass is 10.0. The number of aliphatic hydroxyl groups is 1. The summed E-state index contributed by atoms with van der Waals surface area (Å²) in [6, 6.07) is 16.0. The highest BCUT2D eigenvalue weighted by atomic mass is 16.3. The lowest BCUT2D eigenvalue weighted by molar-refractivity contribution is 0.148. The summed E-state index contributed by atoms with van der Waals surface area (Å²) in [5.74, 6) is 0.956. The fourth-order valence-electron chi connectivity index (χ4n) is 3.35. The summed E-state index contributed by atoms with van der Waals surface area (Å²) in [5.41, 5.74) is 3.94. The maximum Gasteiger partial charge on any atom is 0.151 e. The summed E-state index contributed by atoms with van der Waals surface area (Å²) in [4.78, 5) is 2.09. The van der Waals surface area contributed by atoms with Crippen molar-refractivity contribution in [1.29, 1.82) is 0 Å². The second kappa shape index (κ2) is 6.64. The minimum absolute atomic E-state index is 0.151. The topological polar surface area (TPSA) is 77.9 Å². The number of rotatable bonds is 4. The number of aromatic amines is 1. The number of aromatic nitrogens is 4. The molecule has 0 radical (unpaired) electrons. The quantitative estimate of drug-likeness (QED) is 0.764. The number of aryl methyl sites for hydroxylation is 1. The molecule has 1 aliphatic rings. The minimum atomic E-state index is -0.382. The van der Waals surface area contributed by atoms with Gasteiger partial charge in [-0.15, -0.1) is 10.2 Å². The Morgan fingerprint density at radius 2 is 1.96 bits per heavy atom. The molecule has 25 heavy (non-hydrogen) atoms. The summed E-state index contributed by atoms with van der Waals surface area (Å²) < 4.78 is 0. The van der Waals surface area contributed by atoms with Gasteiger partial charge >= 0.3 is 0 Å². The molecule has 3 aromatic rings. The summed E-state index contributed by atoms with van der Waals surface area (Å²) in [6.45, 7) is 3.32. The molecule has 3 heterocycles. The van der Waals surface area contributed by atoms with E-state index in [-0.39, 0.29) is 12.0 Å². The Kier molecular flexibility index (Phi) is 4.19. The first kappa shape index (κ1) is 15.8. The average molecular weight is 335 g/mol. The van der Waals surface area contributed by atoms with E-state index in [0.29, 0.717) is 6.54 Å². The number of H-pyrrole nitrogens is 1. The number of aliphatic hydroxyl groups excluding tert-OH is 1. The molecular formula is C19H21N5O. The number of hydrogen-bond acceptors (Lipinski definition) is 5. The van der Waals surface area contributed by atoms with Crippen LogP contribution in [0, 0.1) is 12.8 Å². The van der Waals surface area contributed by atoms with E-state index >= 15 is 0 Å². The van der Waals surface area contributed by atoms with Crippen LogP contribution in [0.25, 0.3) is 11.3 Å². The number of anilines is 1. The fourth-order valence-corrected chi connectivity index (χ4v) is 3.35. The summed E-state index contributed by atoms with van der Waals surface area (Å²) in [5, 5.41) is 26.3. The molecule has 4 rings (SSSR count). The molecule has 0 aliphatic carbocycles. The molecule has 0 amide bonds. The zero-order chi connectivity index (χ0) is 17.2. The van der Waals surface area contributed by atoms with Crippen LogP contribution in [0.2, 0.25) is 0 Å². The number of hydrogen-bond donors (Lipinski definition) is 2. The highest BCUT2D eigenvalue weighted by Gasteiger charge is 2.32. The van der Waals surface area contributed by atoms with Crippen molar-refractivity contribution in [2.24, 2.45) is 5.92 Å². The molecule has 0 bridgehead atoms. The van der Waals surface area contributed by atoms with E-state index in [2.05, 4.69) is 25.3 Å². The van der Waals surface area contributed by atoms with Gasteiger partial charge in [-0.05, 0) is 31.5 Å². The molecule has 2 N–H and O–H groups in total. The summed E-state index contributed by atoms with van der Waals surface area (Å²) >= 11 is 0. The van der Waals surface area contributed by atoms with Crippen molar-refractivity contribution >= 4 is 5.82 Å². The smallest absolute Gasteiger partial charge is 0.151 e. The Morgan fingerprint density at radius 1 is 1.12 bits per heavy atom. The molecule has 2 aromatic heterocycles. The van der Waals surface area contributed by atoms with Gasteiger partial charge < -0.3 is 10.0 Å². The van der Waals surface area contributed by atoms with E-state index in [1.54, 1.807) is 0 Å². The number of nitrogens with one attached hydrogen (secondary N) is 1. The van der Waals surface area contributed by atoms with Crippen molar-refractivity contribution in [1.82, 2.24) is 20.4 Å². The number of benzene rings is 1. The number of β-amino-alcohol motifs (C(OH)–C–C–N with tert-alkyl or cyclic N) is 1. The van der Waals surface area contributed by atoms with Gasteiger partial charge in [0.2, 0.25) is 0 Å². The Hall–Kier alpha value is -2.73. The first-order valence-corrected chi connectivity index (χ1v) is 8.52. The van der Waals surface area contributed by atoms with E-state index in [4.69, 9.17) is 0 Å². The fraction of sp³-hybridized carbons (Fsp3) is 0.316. The van der Waals surface area contributed by atoms with Gasteiger partial charge in [0.1, 0.15) is 0 Å². The zero-order valence-corrected chi connectivity index (χ0v) is 14.1. The third-order valence-electron chi connectivity index (χ3n) is 4.68. The van der Waals surface area contributed by atoms with Crippen molar-refractivity contribution < 1.29 is 5.11 Å². The van der Waals surface area contributed by atoms with E-state index < -0.39 is 0 Å². The van der Waals surface area contributed by atoms with E-state index in [9.17, 15) is 5.11 Å². The van der Waals surface area contributed by atoms with Gasteiger partial charge in [-0.1, -0.05) is 30.3 Å². The molecule has 6 heteroatoms. The molecule has 6 nitrogen and oxygen atoms in total. The van der Waals surface area contributed by atoms with Crippen LogP contribution in [0.15, 0.2) is 48.5 Å². The predicted molar refractivity (Wildman–Crippen MR) is 96.2 cm³/mol. The molecule has 128 valence electrons. The molecule has 1 fully saturated rings. The summed E-state index contributed by atoms with van der Waals surface area (Å²) in [6.07, 6.45) is 0.380. The van der Waals surface area contributed by atoms with Crippen LogP contribution in [0.3, 0.4) is 0 Å².